The summed E-state index contributed by atoms with van der Waals surface area (Å²) in [5.74, 6) is -0.00896. The van der Waals surface area contributed by atoms with E-state index in [2.05, 4.69) is 12.2 Å². The highest BCUT2D eigenvalue weighted by atomic mass is 16.2. The van der Waals surface area contributed by atoms with Crippen LogP contribution in [0.4, 0.5) is 5.69 Å². The predicted octanol–water partition coefficient (Wildman–Crippen LogP) is 4.18. The van der Waals surface area contributed by atoms with Crippen molar-refractivity contribution < 1.29 is 9.59 Å². The second kappa shape index (κ2) is 5.42. The third kappa shape index (κ3) is 1.98. The Morgan fingerprint density at radius 3 is 2.08 bits per heavy atom. The molecule has 0 aromatic heterocycles. The van der Waals surface area contributed by atoms with Gasteiger partial charge >= 0.3 is 0 Å². The summed E-state index contributed by atoms with van der Waals surface area (Å²) in [6.07, 6.45) is 10.5. The topological polar surface area (TPSA) is 37.4 Å². The molecule has 4 aliphatic rings. The molecule has 2 saturated carbocycles. The van der Waals surface area contributed by atoms with Gasteiger partial charge in [-0.25, -0.2) is 4.90 Å². The lowest BCUT2D eigenvalue weighted by Gasteiger charge is -2.23. The van der Waals surface area contributed by atoms with Gasteiger partial charge in [0.15, 0.2) is 0 Å². The number of amides is 2. The molecule has 4 atom stereocenters. The van der Waals surface area contributed by atoms with Gasteiger partial charge in [0.05, 0.1) is 17.5 Å². The van der Waals surface area contributed by atoms with Crippen molar-refractivity contribution in [2.24, 2.45) is 23.7 Å². The Bertz CT molecular complexity index is 792. The maximum absolute atomic E-state index is 13.2. The van der Waals surface area contributed by atoms with E-state index in [9.17, 15) is 9.59 Å². The second-order valence-corrected chi connectivity index (χ2v) is 7.91. The Kier molecular flexibility index (Phi) is 3.28. The van der Waals surface area contributed by atoms with Gasteiger partial charge in [-0.3, -0.25) is 9.59 Å². The summed E-state index contributed by atoms with van der Waals surface area (Å²) >= 11 is 0. The fourth-order valence-corrected chi connectivity index (χ4v) is 5.55. The lowest BCUT2D eigenvalue weighted by Crippen LogP contribution is -2.33. The SMILES string of the molecule is Cc1ccccc1N1C(=O)[C@H]2[C@H](C1=O)[C@H]1C=C[C@H]2C1=C1CCCCC1. The van der Waals surface area contributed by atoms with E-state index in [4.69, 9.17) is 0 Å². The first-order valence-corrected chi connectivity index (χ1v) is 9.52. The summed E-state index contributed by atoms with van der Waals surface area (Å²) in [5, 5.41) is 0. The number of carbonyl (C=O) groups excluding carboxylic acids is 2. The molecule has 0 spiro atoms. The van der Waals surface area contributed by atoms with Crippen LogP contribution in [0.2, 0.25) is 0 Å². The van der Waals surface area contributed by atoms with Gasteiger partial charge in [-0.1, -0.05) is 47.9 Å². The minimum absolute atomic E-state index is 0.00931. The van der Waals surface area contributed by atoms with Crippen molar-refractivity contribution >= 4 is 17.5 Å². The van der Waals surface area contributed by atoms with Gasteiger partial charge in [0.25, 0.3) is 0 Å². The number of aryl methyl sites for hydroxylation is 1. The highest BCUT2D eigenvalue weighted by molar-refractivity contribution is 6.23. The molecule has 2 amide bonds. The van der Waals surface area contributed by atoms with Crippen LogP contribution >= 0.6 is 0 Å². The molecule has 2 bridgehead atoms. The highest BCUT2D eigenvalue weighted by Gasteiger charge is 2.62. The maximum Gasteiger partial charge on any atom is 0.238 e. The van der Waals surface area contributed by atoms with E-state index in [0.717, 1.165) is 24.1 Å². The number of anilines is 1. The summed E-state index contributed by atoms with van der Waals surface area (Å²) in [5.41, 5.74) is 4.72. The lowest BCUT2D eigenvalue weighted by atomic mass is 9.85. The number of imide groups is 1. The van der Waals surface area contributed by atoms with E-state index in [-0.39, 0.29) is 35.5 Å². The normalized spacial score (nSPS) is 33.6. The van der Waals surface area contributed by atoms with Gasteiger partial charge in [-0.15, -0.1) is 0 Å². The smallest absolute Gasteiger partial charge is 0.238 e. The van der Waals surface area contributed by atoms with E-state index >= 15 is 0 Å². The zero-order valence-corrected chi connectivity index (χ0v) is 14.6. The van der Waals surface area contributed by atoms with Gasteiger partial charge in [-0.2, -0.15) is 0 Å². The van der Waals surface area contributed by atoms with Crippen LogP contribution in [0, 0.1) is 30.6 Å². The monoisotopic (exact) mass is 333 g/mol. The van der Waals surface area contributed by atoms with Crippen LogP contribution in [0.5, 0.6) is 0 Å². The number of hydrogen-bond donors (Lipinski definition) is 0. The Morgan fingerprint density at radius 2 is 1.48 bits per heavy atom. The first-order chi connectivity index (χ1) is 12.2. The van der Waals surface area contributed by atoms with E-state index < -0.39 is 0 Å². The molecular weight excluding hydrogens is 310 g/mol. The van der Waals surface area contributed by atoms with Crippen LogP contribution in [0.25, 0.3) is 0 Å². The van der Waals surface area contributed by atoms with Gasteiger partial charge in [0.2, 0.25) is 11.8 Å². The molecular formula is C22H23NO2. The van der Waals surface area contributed by atoms with Gasteiger partial charge in [0, 0.05) is 11.8 Å². The molecule has 3 aliphatic carbocycles. The van der Waals surface area contributed by atoms with Crippen molar-refractivity contribution in [3.05, 3.63) is 53.1 Å². The van der Waals surface area contributed by atoms with Crippen molar-refractivity contribution in [1.29, 1.82) is 0 Å². The van der Waals surface area contributed by atoms with E-state index in [1.807, 2.05) is 31.2 Å². The molecule has 0 radical (unpaired) electrons. The largest absolute Gasteiger partial charge is 0.274 e. The fraction of sp³-hybridized carbons (Fsp3) is 0.455. The van der Waals surface area contributed by atoms with Gasteiger partial charge < -0.3 is 0 Å². The van der Waals surface area contributed by atoms with Crippen LogP contribution in [0.3, 0.4) is 0 Å². The van der Waals surface area contributed by atoms with Crippen LogP contribution in [0.1, 0.15) is 37.7 Å². The number of nitrogens with zero attached hydrogens (tertiary/aromatic N) is 1. The first-order valence-electron chi connectivity index (χ1n) is 9.52. The van der Waals surface area contributed by atoms with Crippen LogP contribution in [0.15, 0.2) is 47.6 Å². The van der Waals surface area contributed by atoms with Crippen molar-refractivity contribution in [3.63, 3.8) is 0 Å². The molecule has 1 aliphatic heterocycles. The number of benzene rings is 1. The Labute approximate surface area is 148 Å². The molecule has 128 valence electrons. The number of rotatable bonds is 1. The van der Waals surface area contributed by atoms with Crippen molar-refractivity contribution in [2.45, 2.75) is 39.0 Å². The Morgan fingerprint density at radius 1 is 0.880 bits per heavy atom. The maximum atomic E-state index is 13.2. The van der Waals surface area contributed by atoms with Crippen molar-refractivity contribution in [2.75, 3.05) is 4.90 Å². The minimum Gasteiger partial charge on any atom is -0.274 e. The van der Waals surface area contributed by atoms with Gasteiger partial charge in [-0.05, 0) is 44.2 Å². The molecule has 0 N–H and O–H groups in total. The molecule has 1 saturated heterocycles. The average molecular weight is 333 g/mol. The average Bonchev–Trinajstić information content (AvgIpc) is 3.27. The fourth-order valence-electron chi connectivity index (χ4n) is 5.55. The number of allylic oxidation sites excluding steroid dienone is 4. The van der Waals surface area contributed by atoms with Gasteiger partial charge in [0.1, 0.15) is 0 Å². The summed E-state index contributed by atoms with van der Waals surface area (Å²) in [6.45, 7) is 1.96. The van der Waals surface area contributed by atoms with E-state index in [1.54, 1.807) is 5.57 Å². The zero-order chi connectivity index (χ0) is 17.1. The predicted molar refractivity (Wildman–Crippen MR) is 96.9 cm³/mol. The van der Waals surface area contributed by atoms with Crippen molar-refractivity contribution in [1.82, 2.24) is 0 Å². The molecule has 3 heteroatoms. The molecule has 0 unspecified atom stereocenters. The number of fused-ring (bicyclic) bond motifs is 5. The summed E-state index contributed by atoms with van der Waals surface area (Å²) in [6, 6.07) is 7.70. The summed E-state index contributed by atoms with van der Waals surface area (Å²) in [7, 11) is 0. The minimum atomic E-state index is -0.175. The summed E-state index contributed by atoms with van der Waals surface area (Å²) in [4.78, 5) is 27.9. The summed E-state index contributed by atoms with van der Waals surface area (Å²) < 4.78 is 0. The number of hydrogen-bond acceptors (Lipinski definition) is 2. The third-order valence-electron chi connectivity index (χ3n) is 6.64. The first kappa shape index (κ1) is 15.1. The van der Waals surface area contributed by atoms with Crippen LogP contribution in [-0.4, -0.2) is 11.8 Å². The molecule has 1 heterocycles. The van der Waals surface area contributed by atoms with E-state index in [0.29, 0.717) is 0 Å². The van der Waals surface area contributed by atoms with E-state index in [1.165, 1.54) is 29.7 Å². The molecule has 1 aromatic carbocycles. The second-order valence-electron chi connectivity index (χ2n) is 7.91. The molecule has 5 rings (SSSR count). The Balaban J connectivity index is 1.55. The molecule has 3 nitrogen and oxygen atoms in total. The van der Waals surface area contributed by atoms with Crippen molar-refractivity contribution in [3.8, 4) is 0 Å². The van der Waals surface area contributed by atoms with Crippen LogP contribution in [-0.2, 0) is 9.59 Å². The number of para-hydroxylation sites is 1. The third-order valence-corrected chi connectivity index (χ3v) is 6.64. The highest BCUT2D eigenvalue weighted by Crippen LogP contribution is 2.58. The zero-order valence-electron chi connectivity index (χ0n) is 14.6. The number of carbonyl (C=O) groups is 2. The Hall–Kier alpha value is -2.16. The quantitative estimate of drug-likeness (QED) is 0.571. The standard InChI is InChI=1S/C22H23NO2/c1-13-7-5-6-10-17(13)23-21(24)19-15-11-12-16(20(19)22(23)25)18(15)14-8-3-2-4-9-14/h5-7,10-12,15-16,19-20H,2-4,8-9H2,1H3/t15-,16-,19+,20+/m0/s1. The lowest BCUT2D eigenvalue weighted by molar-refractivity contribution is -0.122. The van der Waals surface area contributed by atoms with Crippen LogP contribution < -0.4 is 4.90 Å². The molecule has 1 aromatic rings. The molecule has 3 fully saturated rings. The molecule has 25 heavy (non-hydrogen) atoms.